The maximum absolute atomic E-state index is 12.3. The normalized spacial score (nSPS) is 35.8. The van der Waals surface area contributed by atoms with Crippen LogP contribution in [0.3, 0.4) is 0 Å². The standard InChI is InChI=1S/C16H22O3S/c1-11-6-12(2)8-13(7-11)16(17)9-14-4-3-5-15(10-16)20(14,18)19/h6-8,14-15,17H,3-5,9-10H2,1-2H3. The van der Waals surface area contributed by atoms with Crippen LogP contribution in [0, 0.1) is 13.8 Å². The van der Waals surface area contributed by atoms with E-state index in [0.717, 1.165) is 23.1 Å². The van der Waals surface area contributed by atoms with Gasteiger partial charge in [0.2, 0.25) is 0 Å². The van der Waals surface area contributed by atoms with Crippen molar-refractivity contribution < 1.29 is 13.5 Å². The first-order chi connectivity index (χ1) is 9.31. The number of benzene rings is 1. The van der Waals surface area contributed by atoms with Crippen LogP contribution in [0.2, 0.25) is 0 Å². The van der Waals surface area contributed by atoms with Gasteiger partial charge in [0.25, 0.3) is 0 Å². The van der Waals surface area contributed by atoms with Crippen molar-refractivity contribution in [3.63, 3.8) is 0 Å². The summed E-state index contributed by atoms with van der Waals surface area (Å²) in [6, 6.07) is 6.08. The fourth-order valence-electron chi connectivity index (χ4n) is 3.93. The molecule has 4 heteroatoms. The first kappa shape index (κ1) is 14.1. The van der Waals surface area contributed by atoms with Crippen molar-refractivity contribution in [2.45, 2.75) is 62.1 Å². The van der Waals surface area contributed by atoms with E-state index in [0.29, 0.717) is 25.7 Å². The number of hydrogen-bond donors (Lipinski definition) is 1. The molecular formula is C16H22O3S. The molecule has 2 unspecified atom stereocenters. The maximum atomic E-state index is 12.3. The molecule has 1 aromatic carbocycles. The molecule has 0 amide bonds. The van der Waals surface area contributed by atoms with E-state index in [1.54, 1.807) is 0 Å². The molecule has 2 aliphatic rings. The molecule has 0 spiro atoms. The Kier molecular flexibility index (Phi) is 3.22. The first-order valence-electron chi connectivity index (χ1n) is 7.35. The number of hydrogen-bond acceptors (Lipinski definition) is 3. The van der Waals surface area contributed by atoms with Crippen LogP contribution in [0.5, 0.6) is 0 Å². The Hall–Kier alpha value is -0.870. The van der Waals surface area contributed by atoms with Gasteiger partial charge >= 0.3 is 0 Å². The van der Waals surface area contributed by atoms with Crippen molar-refractivity contribution in [2.24, 2.45) is 0 Å². The number of sulfone groups is 1. The van der Waals surface area contributed by atoms with E-state index in [9.17, 15) is 13.5 Å². The summed E-state index contributed by atoms with van der Waals surface area (Å²) in [6.07, 6.45) is 3.08. The molecule has 20 heavy (non-hydrogen) atoms. The first-order valence-corrected chi connectivity index (χ1v) is 8.96. The summed E-state index contributed by atoms with van der Waals surface area (Å²) < 4.78 is 24.7. The molecule has 0 radical (unpaired) electrons. The Morgan fingerprint density at radius 2 is 1.55 bits per heavy atom. The van der Waals surface area contributed by atoms with Crippen LogP contribution in [-0.2, 0) is 15.4 Å². The molecule has 2 heterocycles. The summed E-state index contributed by atoms with van der Waals surface area (Å²) in [5.74, 6) is 0. The molecule has 1 aromatic rings. The largest absolute Gasteiger partial charge is 0.385 e. The van der Waals surface area contributed by atoms with Crippen LogP contribution in [0.4, 0.5) is 0 Å². The molecule has 1 N–H and O–H groups in total. The molecule has 2 fully saturated rings. The smallest absolute Gasteiger partial charge is 0.156 e. The quantitative estimate of drug-likeness (QED) is 0.866. The third kappa shape index (κ3) is 2.19. The predicted octanol–water partition coefficient (Wildman–Crippen LogP) is 2.62. The van der Waals surface area contributed by atoms with Crippen LogP contribution in [0.25, 0.3) is 0 Å². The Bertz CT molecular complexity index is 593. The summed E-state index contributed by atoms with van der Waals surface area (Å²) in [6.45, 7) is 4.03. The van der Waals surface area contributed by atoms with E-state index in [1.165, 1.54) is 0 Å². The summed E-state index contributed by atoms with van der Waals surface area (Å²) in [4.78, 5) is 0. The highest BCUT2D eigenvalue weighted by atomic mass is 32.2. The van der Waals surface area contributed by atoms with Crippen LogP contribution in [0.1, 0.15) is 48.8 Å². The lowest BCUT2D eigenvalue weighted by molar-refractivity contribution is 0.00491. The molecule has 3 nitrogen and oxygen atoms in total. The summed E-state index contributed by atoms with van der Waals surface area (Å²) in [7, 11) is -3.02. The van der Waals surface area contributed by atoms with Gasteiger partial charge in [0, 0.05) is 0 Å². The zero-order valence-electron chi connectivity index (χ0n) is 12.1. The van der Waals surface area contributed by atoms with Gasteiger partial charge in [-0.15, -0.1) is 0 Å². The molecule has 2 bridgehead atoms. The molecular weight excluding hydrogens is 272 g/mol. The molecule has 2 atom stereocenters. The van der Waals surface area contributed by atoms with E-state index < -0.39 is 15.4 Å². The predicted molar refractivity (Wildman–Crippen MR) is 79.4 cm³/mol. The van der Waals surface area contributed by atoms with Gasteiger partial charge in [-0.25, -0.2) is 8.42 Å². The lowest BCUT2D eigenvalue weighted by Crippen LogP contribution is -2.50. The number of aliphatic hydroxyl groups is 1. The molecule has 3 rings (SSSR count). The van der Waals surface area contributed by atoms with Gasteiger partial charge in [-0.05, 0) is 45.1 Å². The van der Waals surface area contributed by atoms with Crippen molar-refractivity contribution in [2.75, 3.05) is 0 Å². The van der Waals surface area contributed by atoms with E-state index in [-0.39, 0.29) is 10.5 Å². The van der Waals surface area contributed by atoms with Crippen molar-refractivity contribution in [3.8, 4) is 0 Å². The zero-order chi connectivity index (χ0) is 14.5. The van der Waals surface area contributed by atoms with Gasteiger partial charge in [0.05, 0.1) is 16.1 Å². The van der Waals surface area contributed by atoms with Crippen LogP contribution in [0.15, 0.2) is 18.2 Å². The molecule has 2 saturated heterocycles. The maximum Gasteiger partial charge on any atom is 0.156 e. The third-order valence-corrected chi connectivity index (χ3v) is 7.53. The van der Waals surface area contributed by atoms with E-state index in [4.69, 9.17) is 0 Å². The van der Waals surface area contributed by atoms with Crippen LogP contribution >= 0.6 is 0 Å². The number of aryl methyl sites for hydroxylation is 2. The van der Waals surface area contributed by atoms with Crippen molar-refractivity contribution in [3.05, 3.63) is 34.9 Å². The van der Waals surface area contributed by atoms with Crippen molar-refractivity contribution in [1.82, 2.24) is 0 Å². The van der Waals surface area contributed by atoms with E-state index in [2.05, 4.69) is 6.07 Å². The minimum atomic E-state index is -3.02. The Balaban J connectivity index is 2.02. The van der Waals surface area contributed by atoms with Gasteiger partial charge in [-0.1, -0.05) is 35.7 Å². The SMILES string of the molecule is Cc1cc(C)cc(C2(O)CC3CCCC(C2)S3(=O)=O)c1. The summed E-state index contributed by atoms with van der Waals surface area (Å²) >= 11 is 0. The Labute approximate surface area is 120 Å². The average Bonchev–Trinajstić information content (AvgIpc) is 2.30. The average molecular weight is 294 g/mol. The fourth-order valence-corrected chi connectivity index (χ4v) is 6.48. The molecule has 110 valence electrons. The monoisotopic (exact) mass is 294 g/mol. The van der Waals surface area contributed by atoms with Crippen molar-refractivity contribution >= 4 is 9.84 Å². The second-order valence-corrected chi connectivity index (χ2v) is 9.09. The summed E-state index contributed by atoms with van der Waals surface area (Å²) in [5.41, 5.74) is 2.15. The molecule has 2 aliphatic heterocycles. The minimum Gasteiger partial charge on any atom is -0.385 e. The van der Waals surface area contributed by atoms with E-state index >= 15 is 0 Å². The topological polar surface area (TPSA) is 54.4 Å². The second kappa shape index (κ2) is 4.57. The Morgan fingerprint density at radius 3 is 2.05 bits per heavy atom. The number of fused-ring (bicyclic) bond motifs is 2. The van der Waals surface area contributed by atoms with E-state index in [1.807, 2.05) is 26.0 Å². The van der Waals surface area contributed by atoms with Gasteiger partial charge in [-0.3, -0.25) is 0 Å². The van der Waals surface area contributed by atoms with Crippen LogP contribution in [-0.4, -0.2) is 24.0 Å². The second-order valence-electron chi connectivity index (χ2n) is 6.58. The lowest BCUT2D eigenvalue weighted by Gasteiger charge is -2.44. The van der Waals surface area contributed by atoms with Gasteiger partial charge in [-0.2, -0.15) is 0 Å². The molecule has 0 aromatic heterocycles. The lowest BCUT2D eigenvalue weighted by atomic mass is 9.79. The highest BCUT2D eigenvalue weighted by Crippen LogP contribution is 2.46. The van der Waals surface area contributed by atoms with Gasteiger partial charge in [0.1, 0.15) is 0 Å². The van der Waals surface area contributed by atoms with Gasteiger partial charge in [0.15, 0.2) is 9.84 Å². The van der Waals surface area contributed by atoms with Gasteiger partial charge < -0.3 is 5.11 Å². The van der Waals surface area contributed by atoms with Crippen LogP contribution < -0.4 is 0 Å². The molecule has 0 aliphatic carbocycles. The fraction of sp³-hybridized carbons (Fsp3) is 0.625. The highest BCUT2D eigenvalue weighted by molar-refractivity contribution is 7.92. The molecule has 0 saturated carbocycles. The third-order valence-electron chi connectivity index (χ3n) is 4.87. The highest BCUT2D eigenvalue weighted by Gasteiger charge is 2.50. The number of rotatable bonds is 1. The van der Waals surface area contributed by atoms with Crippen molar-refractivity contribution in [1.29, 1.82) is 0 Å². The minimum absolute atomic E-state index is 0.356. The zero-order valence-corrected chi connectivity index (χ0v) is 12.9. The summed E-state index contributed by atoms with van der Waals surface area (Å²) in [5, 5.41) is 10.3. The Morgan fingerprint density at radius 1 is 1.05 bits per heavy atom.